The first-order chi connectivity index (χ1) is 15.7. The third-order valence-corrected chi connectivity index (χ3v) is 4.41. The largest absolute Gasteiger partial charge is 0.497 e. The summed E-state index contributed by atoms with van der Waals surface area (Å²) in [5.74, 6) is -2.25. The fourth-order valence-corrected chi connectivity index (χ4v) is 2.48. The quantitative estimate of drug-likeness (QED) is 0.385. The minimum Gasteiger partial charge on any atom is -0.497 e. The van der Waals surface area contributed by atoms with Crippen molar-refractivity contribution in [3.63, 3.8) is 0 Å². The lowest BCUT2D eigenvalue weighted by atomic mass is 10.0. The monoisotopic (exact) mass is 458 g/mol. The maximum Gasteiger partial charge on any atom is 0.324 e. The number of allylic oxidation sites excluding steroid dienone is 1. The number of carbonyl (C=O) groups is 2. The van der Waals surface area contributed by atoms with Crippen molar-refractivity contribution in [3.05, 3.63) is 68.7 Å². The van der Waals surface area contributed by atoms with Crippen LogP contribution in [-0.4, -0.2) is 40.3 Å². The number of carbonyl (C=O) groups excluding carboxylic acids is 1. The molecule has 0 aliphatic heterocycles. The van der Waals surface area contributed by atoms with Gasteiger partial charge in [0.05, 0.1) is 37.2 Å². The number of esters is 1. The van der Waals surface area contributed by atoms with Crippen LogP contribution in [0.4, 0.5) is 0 Å². The molecule has 2 aromatic rings. The molecule has 1 N–H and O–H groups in total. The van der Waals surface area contributed by atoms with E-state index in [2.05, 4.69) is 22.9 Å². The van der Waals surface area contributed by atoms with Gasteiger partial charge in [0, 0.05) is 0 Å². The molecule has 8 nitrogen and oxygen atoms in total. The molecule has 0 saturated heterocycles. The SMILES string of the molecule is C/C=C(\C)C(C(=O)O)C(=O)OCC.C=c1ncn(Cc2ccc(OC)cc2)c(=O)c1=C.CC. The molecule has 1 unspecified atom stereocenters. The Balaban J connectivity index is 0.000000608. The number of benzene rings is 1. The van der Waals surface area contributed by atoms with E-state index in [1.54, 1.807) is 34.0 Å². The smallest absolute Gasteiger partial charge is 0.324 e. The molecule has 0 fully saturated rings. The standard InChI is InChI=1S/C14H14N2O2.C9H14O4.C2H6/c1-10-11(2)15-9-16(14(10)17)8-12-4-6-13(18-3)7-5-12;1-4-6(3)7(8(10)11)9(12)13-5-2;1-2/h4-7,9H,1-2,8H2,3H3;4,7H,5H2,1-3H3,(H,10,11);1-2H3/b;6-4+;. The predicted molar refractivity (Wildman–Crippen MR) is 129 cm³/mol. The maximum absolute atomic E-state index is 11.9. The molecule has 0 aliphatic carbocycles. The summed E-state index contributed by atoms with van der Waals surface area (Å²) in [6.45, 7) is 16.9. The van der Waals surface area contributed by atoms with E-state index in [4.69, 9.17) is 9.84 Å². The minimum absolute atomic E-state index is 0.161. The molecule has 0 radical (unpaired) electrons. The van der Waals surface area contributed by atoms with Crippen LogP contribution < -0.4 is 20.9 Å². The summed E-state index contributed by atoms with van der Waals surface area (Å²) in [4.78, 5) is 37.8. The number of aromatic nitrogens is 2. The van der Waals surface area contributed by atoms with Gasteiger partial charge >= 0.3 is 11.9 Å². The molecule has 0 aliphatic rings. The van der Waals surface area contributed by atoms with Gasteiger partial charge in [-0.25, -0.2) is 4.98 Å². The number of hydrogen-bond acceptors (Lipinski definition) is 6. The van der Waals surface area contributed by atoms with Crippen molar-refractivity contribution >= 4 is 25.1 Å². The van der Waals surface area contributed by atoms with Gasteiger partial charge in [-0.3, -0.25) is 19.0 Å². The van der Waals surface area contributed by atoms with Gasteiger partial charge in [-0.2, -0.15) is 0 Å². The number of nitrogens with zero attached hydrogens (tertiary/aromatic N) is 2. The zero-order valence-corrected chi connectivity index (χ0v) is 20.3. The Morgan fingerprint density at radius 2 is 1.79 bits per heavy atom. The molecule has 1 heterocycles. The number of methoxy groups -OCH3 is 1. The van der Waals surface area contributed by atoms with Crippen LogP contribution in [0.2, 0.25) is 0 Å². The fourth-order valence-electron chi connectivity index (χ4n) is 2.48. The summed E-state index contributed by atoms with van der Waals surface area (Å²) in [7, 11) is 1.62. The highest BCUT2D eigenvalue weighted by atomic mass is 16.5. The molecule has 180 valence electrons. The molecule has 1 atom stereocenters. The summed E-state index contributed by atoms with van der Waals surface area (Å²) in [5.41, 5.74) is 1.33. The maximum atomic E-state index is 11.9. The summed E-state index contributed by atoms with van der Waals surface area (Å²) >= 11 is 0. The van der Waals surface area contributed by atoms with Gasteiger partial charge in [-0.15, -0.1) is 0 Å². The van der Waals surface area contributed by atoms with Crippen LogP contribution in [0.5, 0.6) is 5.75 Å². The zero-order valence-electron chi connectivity index (χ0n) is 20.3. The highest BCUT2D eigenvalue weighted by Crippen LogP contribution is 2.13. The van der Waals surface area contributed by atoms with Crippen molar-refractivity contribution in [2.45, 2.75) is 41.2 Å². The lowest BCUT2D eigenvalue weighted by molar-refractivity contribution is -0.156. The molecular formula is C25H34N2O6. The van der Waals surface area contributed by atoms with E-state index < -0.39 is 17.9 Å². The van der Waals surface area contributed by atoms with E-state index >= 15 is 0 Å². The third kappa shape index (κ3) is 9.14. The van der Waals surface area contributed by atoms with Crippen LogP contribution in [0.3, 0.4) is 0 Å². The second kappa shape index (κ2) is 15.2. The Hall–Kier alpha value is -3.68. The fraction of sp³-hybridized carbons (Fsp3) is 0.360. The molecule has 8 heteroatoms. The highest BCUT2D eigenvalue weighted by molar-refractivity contribution is 5.97. The lowest BCUT2D eigenvalue weighted by Gasteiger charge is -2.10. The van der Waals surface area contributed by atoms with Crippen LogP contribution in [0.15, 0.2) is 47.0 Å². The van der Waals surface area contributed by atoms with Gasteiger partial charge in [-0.05, 0) is 38.5 Å². The minimum atomic E-state index is -1.17. The van der Waals surface area contributed by atoms with Crippen LogP contribution >= 0.6 is 0 Å². The first kappa shape index (κ1) is 29.3. The van der Waals surface area contributed by atoms with E-state index in [1.807, 2.05) is 38.1 Å². The first-order valence-corrected chi connectivity index (χ1v) is 10.5. The van der Waals surface area contributed by atoms with Gasteiger partial charge in [0.2, 0.25) is 0 Å². The number of carboxylic acids is 1. The van der Waals surface area contributed by atoms with Crippen molar-refractivity contribution in [2.75, 3.05) is 13.7 Å². The van der Waals surface area contributed by atoms with Crippen molar-refractivity contribution < 1.29 is 24.2 Å². The predicted octanol–water partition coefficient (Wildman–Crippen LogP) is 2.36. The average molecular weight is 459 g/mol. The van der Waals surface area contributed by atoms with Crippen LogP contribution in [0.1, 0.15) is 40.2 Å². The molecule has 0 bridgehead atoms. The third-order valence-electron chi connectivity index (χ3n) is 4.41. The summed E-state index contributed by atoms with van der Waals surface area (Å²) < 4.78 is 11.2. The van der Waals surface area contributed by atoms with E-state index in [-0.39, 0.29) is 12.2 Å². The number of hydrogen-bond donors (Lipinski definition) is 1. The molecule has 0 amide bonds. The molecule has 1 aromatic heterocycles. The van der Waals surface area contributed by atoms with Crippen molar-refractivity contribution in [3.8, 4) is 5.75 Å². The summed E-state index contributed by atoms with van der Waals surface area (Å²) in [6.07, 6.45) is 3.08. The van der Waals surface area contributed by atoms with Gasteiger partial charge in [0.25, 0.3) is 5.56 Å². The molecule has 1 aromatic carbocycles. The summed E-state index contributed by atoms with van der Waals surface area (Å²) in [6, 6.07) is 7.53. The second-order valence-electron chi connectivity index (χ2n) is 6.51. The van der Waals surface area contributed by atoms with Gasteiger partial charge in [-0.1, -0.05) is 50.8 Å². The number of aliphatic carboxylic acids is 1. The topological polar surface area (TPSA) is 108 Å². The summed E-state index contributed by atoms with van der Waals surface area (Å²) in [5, 5.41) is 9.49. The van der Waals surface area contributed by atoms with Crippen LogP contribution in [-0.2, 0) is 20.9 Å². The highest BCUT2D eigenvalue weighted by Gasteiger charge is 2.28. The van der Waals surface area contributed by atoms with Gasteiger partial charge in [0.15, 0.2) is 5.92 Å². The number of rotatable bonds is 7. The van der Waals surface area contributed by atoms with Crippen molar-refractivity contribution in [1.82, 2.24) is 9.55 Å². The molecule has 33 heavy (non-hydrogen) atoms. The average Bonchev–Trinajstić information content (AvgIpc) is 2.81. The van der Waals surface area contributed by atoms with E-state index in [0.717, 1.165) is 11.3 Å². The van der Waals surface area contributed by atoms with Crippen LogP contribution in [0, 0.1) is 5.92 Å². The van der Waals surface area contributed by atoms with Gasteiger partial charge in [0.1, 0.15) is 5.75 Å². The first-order valence-electron chi connectivity index (χ1n) is 10.5. The van der Waals surface area contributed by atoms with E-state index in [1.165, 1.54) is 10.9 Å². The van der Waals surface area contributed by atoms with E-state index in [9.17, 15) is 14.4 Å². The van der Waals surface area contributed by atoms with Crippen LogP contribution in [0.25, 0.3) is 13.2 Å². The number of carboxylic acid groups (broad SMARTS) is 1. The molecule has 2 rings (SSSR count). The Kier molecular flexibility index (Phi) is 13.5. The molecular weight excluding hydrogens is 424 g/mol. The van der Waals surface area contributed by atoms with E-state index in [0.29, 0.717) is 22.7 Å². The Bertz CT molecular complexity index is 1090. The van der Waals surface area contributed by atoms with Crippen molar-refractivity contribution in [1.29, 1.82) is 0 Å². The second-order valence-corrected chi connectivity index (χ2v) is 6.51. The normalized spacial score (nSPS) is 11.2. The molecule has 0 spiro atoms. The Morgan fingerprint density at radius 1 is 1.21 bits per heavy atom. The Labute approximate surface area is 194 Å². The lowest BCUT2D eigenvalue weighted by Crippen LogP contribution is -2.44. The van der Waals surface area contributed by atoms with Gasteiger partial charge < -0.3 is 14.6 Å². The Morgan fingerprint density at radius 3 is 2.24 bits per heavy atom. The zero-order chi connectivity index (χ0) is 25.6. The number of ether oxygens (including phenoxy) is 2. The molecule has 0 saturated carbocycles. The van der Waals surface area contributed by atoms with Crippen molar-refractivity contribution in [2.24, 2.45) is 5.92 Å².